The van der Waals surface area contributed by atoms with Gasteiger partial charge in [0.25, 0.3) is 5.91 Å². The number of rotatable bonds is 4. The summed E-state index contributed by atoms with van der Waals surface area (Å²) in [4.78, 5) is 50.3. The van der Waals surface area contributed by atoms with Gasteiger partial charge in [-0.25, -0.2) is 14.3 Å². The van der Waals surface area contributed by atoms with Crippen LogP contribution in [-0.4, -0.2) is 34.7 Å². The highest BCUT2D eigenvalue weighted by Gasteiger charge is 2.44. The van der Waals surface area contributed by atoms with Crippen molar-refractivity contribution in [2.45, 2.75) is 25.8 Å². The van der Waals surface area contributed by atoms with Gasteiger partial charge in [0, 0.05) is 6.92 Å². The van der Waals surface area contributed by atoms with Gasteiger partial charge >= 0.3 is 0 Å². The number of hydrogen-bond acceptors (Lipinski definition) is 4. The maximum Gasteiger partial charge on any atom is 0.259 e. The largest absolute Gasteiger partial charge is 0.274 e. The van der Waals surface area contributed by atoms with Crippen molar-refractivity contribution in [2.24, 2.45) is 0 Å². The molecule has 0 aliphatic carbocycles. The summed E-state index contributed by atoms with van der Waals surface area (Å²) in [5.41, 5.74) is 3.37. The number of hydrazine groups is 1. The zero-order valence-electron chi connectivity index (χ0n) is 15.1. The molecule has 7 nitrogen and oxygen atoms in total. The molecule has 1 N–H and O–H groups in total. The van der Waals surface area contributed by atoms with E-state index in [1.165, 1.54) is 19.1 Å². The number of nitrogens with zero attached hydrogens (tertiary/aromatic N) is 2. The van der Waals surface area contributed by atoms with Crippen LogP contribution >= 0.6 is 0 Å². The van der Waals surface area contributed by atoms with Gasteiger partial charge in [-0.15, -0.1) is 0 Å². The molecule has 1 aliphatic rings. The summed E-state index contributed by atoms with van der Waals surface area (Å²) >= 11 is 0. The molecule has 2 aromatic carbocycles. The predicted molar refractivity (Wildman–Crippen MR) is 98.1 cm³/mol. The average Bonchev–Trinajstić information content (AvgIpc) is 2.95. The van der Waals surface area contributed by atoms with Crippen molar-refractivity contribution in [1.29, 1.82) is 0 Å². The summed E-state index contributed by atoms with van der Waals surface area (Å²) in [5, 5.41) is 0.884. The first-order valence-corrected chi connectivity index (χ1v) is 8.62. The fourth-order valence-corrected chi connectivity index (χ4v) is 3.01. The number of carbonyl (C=O) groups excluding carboxylic acids is 4. The molecule has 1 atom stereocenters. The van der Waals surface area contributed by atoms with E-state index in [9.17, 15) is 23.6 Å². The molecule has 28 heavy (non-hydrogen) atoms. The molecule has 0 spiro atoms. The van der Waals surface area contributed by atoms with E-state index in [4.69, 9.17) is 0 Å². The molecule has 0 radical (unpaired) electrons. The van der Waals surface area contributed by atoms with Crippen LogP contribution in [0.5, 0.6) is 0 Å². The number of carbonyl (C=O) groups is 4. The zero-order valence-corrected chi connectivity index (χ0v) is 15.1. The van der Waals surface area contributed by atoms with Crippen molar-refractivity contribution >= 4 is 29.3 Å². The van der Waals surface area contributed by atoms with Crippen LogP contribution in [-0.2, 0) is 25.6 Å². The number of amides is 4. The predicted octanol–water partition coefficient (Wildman–Crippen LogP) is 1.58. The lowest BCUT2D eigenvalue weighted by molar-refractivity contribution is -0.145. The van der Waals surface area contributed by atoms with Crippen LogP contribution in [0.1, 0.15) is 18.9 Å². The van der Waals surface area contributed by atoms with Gasteiger partial charge in [-0.05, 0) is 29.8 Å². The molecule has 4 amide bonds. The first kappa shape index (κ1) is 19.2. The lowest BCUT2D eigenvalue weighted by Gasteiger charge is -2.26. The topological polar surface area (TPSA) is 86.8 Å². The van der Waals surface area contributed by atoms with Crippen LogP contribution < -0.4 is 10.3 Å². The lowest BCUT2D eigenvalue weighted by atomic mass is 10.1. The molecule has 8 heteroatoms. The van der Waals surface area contributed by atoms with Crippen LogP contribution in [0.4, 0.5) is 10.1 Å². The van der Waals surface area contributed by atoms with E-state index in [2.05, 4.69) is 5.43 Å². The summed E-state index contributed by atoms with van der Waals surface area (Å²) < 4.78 is 13.1. The number of imide groups is 1. The lowest BCUT2D eigenvalue weighted by Crippen LogP contribution is -2.54. The molecule has 0 aromatic heterocycles. The second-order valence-corrected chi connectivity index (χ2v) is 6.35. The van der Waals surface area contributed by atoms with Gasteiger partial charge in [-0.3, -0.25) is 24.6 Å². The highest BCUT2D eigenvalue weighted by atomic mass is 19.1. The van der Waals surface area contributed by atoms with Gasteiger partial charge in [0.05, 0.1) is 18.5 Å². The Morgan fingerprint density at radius 3 is 2.36 bits per heavy atom. The quantitative estimate of drug-likeness (QED) is 0.642. The van der Waals surface area contributed by atoms with Crippen LogP contribution in [0, 0.1) is 5.82 Å². The van der Waals surface area contributed by atoms with E-state index in [1.54, 1.807) is 24.3 Å². The van der Waals surface area contributed by atoms with Gasteiger partial charge < -0.3 is 0 Å². The Morgan fingerprint density at radius 1 is 1.11 bits per heavy atom. The minimum atomic E-state index is -1.16. The molecule has 1 heterocycles. The molecule has 0 saturated carbocycles. The Morgan fingerprint density at radius 2 is 1.75 bits per heavy atom. The summed E-state index contributed by atoms with van der Waals surface area (Å²) in [6, 6.07) is 12.6. The fourth-order valence-electron chi connectivity index (χ4n) is 3.01. The first-order valence-electron chi connectivity index (χ1n) is 8.62. The van der Waals surface area contributed by atoms with Gasteiger partial charge in [0.15, 0.2) is 0 Å². The van der Waals surface area contributed by atoms with Crippen molar-refractivity contribution in [3.05, 3.63) is 66.0 Å². The molecular formula is C20H18FN3O4. The highest BCUT2D eigenvalue weighted by Crippen LogP contribution is 2.25. The molecule has 3 rings (SSSR count). The monoisotopic (exact) mass is 383 g/mol. The highest BCUT2D eigenvalue weighted by molar-refractivity contribution is 6.23. The average molecular weight is 383 g/mol. The van der Waals surface area contributed by atoms with Crippen molar-refractivity contribution in [3.8, 4) is 0 Å². The maximum absolute atomic E-state index is 13.1. The Hall–Kier alpha value is -3.55. The second-order valence-electron chi connectivity index (χ2n) is 6.35. The van der Waals surface area contributed by atoms with Crippen LogP contribution in [0.25, 0.3) is 0 Å². The van der Waals surface area contributed by atoms with Crippen LogP contribution in [0.2, 0.25) is 0 Å². The second kappa shape index (κ2) is 7.99. The van der Waals surface area contributed by atoms with Crippen molar-refractivity contribution in [2.75, 3.05) is 4.90 Å². The van der Waals surface area contributed by atoms with E-state index in [1.807, 2.05) is 6.07 Å². The molecule has 1 aliphatic heterocycles. The molecule has 0 bridgehead atoms. The van der Waals surface area contributed by atoms with Crippen LogP contribution in [0.15, 0.2) is 54.6 Å². The van der Waals surface area contributed by atoms with Gasteiger partial charge in [-0.1, -0.05) is 30.3 Å². The number of benzene rings is 2. The summed E-state index contributed by atoms with van der Waals surface area (Å²) in [5.74, 6) is -2.76. The Balaban J connectivity index is 1.76. The van der Waals surface area contributed by atoms with Crippen molar-refractivity contribution in [1.82, 2.24) is 10.4 Å². The first-order chi connectivity index (χ1) is 13.4. The van der Waals surface area contributed by atoms with E-state index < -0.39 is 35.5 Å². The standard InChI is InChI=1S/C20H18FN3O4/c1-13(25)24(22-18(26)11-14-5-3-2-4-6-14)17-12-19(27)23(20(17)28)16-9-7-15(21)8-10-16/h2-10,17H,11-12H2,1H3,(H,22,26). The minimum absolute atomic E-state index is 0.0150. The van der Waals surface area contributed by atoms with Crippen molar-refractivity contribution in [3.63, 3.8) is 0 Å². The third-order valence-corrected chi connectivity index (χ3v) is 4.31. The SMILES string of the molecule is CC(=O)N(NC(=O)Cc1ccccc1)C1CC(=O)N(c2ccc(F)cc2)C1=O. The molecule has 1 unspecified atom stereocenters. The number of nitrogens with one attached hydrogen (secondary N) is 1. The molecular weight excluding hydrogens is 365 g/mol. The molecule has 1 fully saturated rings. The number of hydrogen-bond donors (Lipinski definition) is 1. The fraction of sp³-hybridized carbons (Fsp3) is 0.200. The Kier molecular flexibility index (Phi) is 5.49. The molecule has 1 saturated heterocycles. The summed E-state index contributed by atoms with van der Waals surface area (Å²) in [6.07, 6.45) is -0.261. The zero-order chi connectivity index (χ0) is 20.3. The molecule has 144 valence electrons. The third kappa shape index (κ3) is 4.06. The van der Waals surface area contributed by atoms with Crippen LogP contribution in [0.3, 0.4) is 0 Å². The molecule has 2 aromatic rings. The summed E-state index contributed by atoms with van der Waals surface area (Å²) in [7, 11) is 0. The van der Waals surface area contributed by atoms with E-state index in [0.29, 0.717) is 0 Å². The van der Waals surface area contributed by atoms with Gasteiger partial charge in [0.2, 0.25) is 17.7 Å². The van der Waals surface area contributed by atoms with E-state index >= 15 is 0 Å². The van der Waals surface area contributed by atoms with E-state index in [0.717, 1.165) is 27.6 Å². The normalized spacial score (nSPS) is 16.2. The number of anilines is 1. The van der Waals surface area contributed by atoms with E-state index in [-0.39, 0.29) is 18.5 Å². The Bertz CT molecular complexity index is 915. The third-order valence-electron chi connectivity index (χ3n) is 4.31. The smallest absolute Gasteiger partial charge is 0.259 e. The minimum Gasteiger partial charge on any atom is -0.274 e. The van der Waals surface area contributed by atoms with Gasteiger partial charge in [0.1, 0.15) is 11.9 Å². The maximum atomic E-state index is 13.1. The van der Waals surface area contributed by atoms with Gasteiger partial charge in [-0.2, -0.15) is 0 Å². The van der Waals surface area contributed by atoms with Crippen molar-refractivity contribution < 1.29 is 23.6 Å². The Labute approximate surface area is 160 Å². The number of halogens is 1. The summed E-state index contributed by atoms with van der Waals surface area (Å²) in [6.45, 7) is 1.20.